The summed E-state index contributed by atoms with van der Waals surface area (Å²) in [5, 5.41) is 0. The fourth-order valence-corrected chi connectivity index (χ4v) is 5.19. The van der Waals surface area contributed by atoms with Crippen molar-refractivity contribution >= 4 is 14.8 Å². The Hall–Kier alpha value is -1.21. The van der Waals surface area contributed by atoms with Crippen LogP contribution < -0.4 is 0 Å². The summed E-state index contributed by atoms with van der Waals surface area (Å²) in [5.41, 5.74) is 0.514. The summed E-state index contributed by atoms with van der Waals surface area (Å²) in [7, 11) is 0.310. The van der Waals surface area contributed by atoms with Crippen LogP contribution >= 0.6 is 0 Å². The highest BCUT2D eigenvalue weighted by molar-refractivity contribution is 6.60. The Bertz CT molecular complexity index is 496. The third-order valence-electron chi connectivity index (χ3n) is 4.07. The van der Waals surface area contributed by atoms with E-state index in [2.05, 4.69) is 6.92 Å². The van der Waals surface area contributed by atoms with E-state index in [1.807, 2.05) is 32.0 Å². The van der Waals surface area contributed by atoms with E-state index in [0.29, 0.717) is 24.4 Å². The van der Waals surface area contributed by atoms with Crippen molar-refractivity contribution in [2.45, 2.75) is 64.7 Å². The van der Waals surface area contributed by atoms with Gasteiger partial charge >= 0.3 is 14.8 Å². The van der Waals surface area contributed by atoms with Crippen LogP contribution in [0.5, 0.6) is 0 Å². The molecular formula is C19H32O5Si. The Morgan fingerprint density at radius 1 is 0.960 bits per heavy atom. The second-order valence-corrected chi connectivity index (χ2v) is 9.00. The molecule has 0 heterocycles. The Morgan fingerprint density at radius 3 is 1.96 bits per heavy atom. The predicted octanol–water partition coefficient (Wildman–Crippen LogP) is 4.80. The van der Waals surface area contributed by atoms with Gasteiger partial charge in [0.2, 0.25) is 5.79 Å². The van der Waals surface area contributed by atoms with Crippen LogP contribution in [0.15, 0.2) is 30.3 Å². The molecule has 0 saturated heterocycles. The van der Waals surface area contributed by atoms with Crippen LogP contribution in [0, 0.1) is 0 Å². The highest BCUT2D eigenvalue weighted by Crippen LogP contribution is 2.33. The maximum atomic E-state index is 12.7. The van der Waals surface area contributed by atoms with Gasteiger partial charge in [-0.15, -0.1) is 0 Å². The van der Waals surface area contributed by atoms with Crippen LogP contribution in [-0.2, 0) is 18.0 Å². The van der Waals surface area contributed by atoms with Gasteiger partial charge in [-0.1, -0.05) is 45.4 Å². The van der Waals surface area contributed by atoms with Gasteiger partial charge < -0.3 is 18.0 Å². The average molecular weight is 369 g/mol. The van der Waals surface area contributed by atoms with Crippen molar-refractivity contribution in [1.29, 1.82) is 0 Å². The lowest BCUT2D eigenvalue weighted by Crippen LogP contribution is -2.53. The molecule has 6 heteroatoms. The second kappa shape index (κ2) is 10.7. The lowest BCUT2D eigenvalue weighted by Gasteiger charge is -2.39. The van der Waals surface area contributed by atoms with Gasteiger partial charge in [-0.25, -0.2) is 4.79 Å². The summed E-state index contributed by atoms with van der Waals surface area (Å²) in [4.78, 5) is 12.7. The van der Waals surface area contributed by atoms with Gasteiger partial charge in [0.05, 0.1) is 5.56 Å². The first-order chi connectivity index (χ1) is 12.0. The maximum absolute atomic E-state index is 12.7. The Kier molecular flexibility index (Phi) is 9.35. The molecule has 1 rings (SSSR count). The molecule has 25 heavy (non-hydrogen) atoms. The molecule has 0 radical (unpaired) electrons. The lowest BCUT2D eigenvalue weighted by molar-refractivity contribution is -0.183. The van der Waals surface area contributed by atoms with Crippen LogP contribution in [0.25, 0.3) is 0 Å². The molecule has 0 aliphatic rings. The minimum Gasteiger partial charge on any atom is -0.430 e. The van der Waals surface area contributed by atoms with E-state index in [4.69, 9.17) is 18.0 Å². The van der Waals surface area contributed by atoms with E-state index in [9.17, 15) is 4.79 Å². The fraction of sp³-hybridized carbons (Fsp3) is 0.632. The molecule has 0 aliphatic carbocycles. The summed E-state index contributed by atoms with van der Waals surface area (Å²) in [5.74, 6) is -1.40. The largest absolute Gasteiger partial charge is 0.503 e. The molecule has 0 aromatic heterocycles. The van der Waals surface area contributed by atoms with Gasteiger partial charge in [-0.05, 0) is 25.0 Å². The maximum Gasteiger partial charge on any atom is 0.503 e. The SMILES string of the molecule is CCCC(CCC)(OC(=O)c1ccccc1)O[Si](CCC)(OC)OC. The zero-order chi connectivity index (χ0) is 18.8. The van der Waals surface area contributed by atoms with Crippen molar-refractivity contribution in [2.75, 3.05) is 14.2 Å². The van der Waals surface area contributed by atoms with E-state index < -0.39 is 14.6 Å². The van der Waals surface area contributed by atoms with Crippen LogP contribution in [0.3, 0.4) is 0 Å². The molecule has 0 amide bonds. The van der Waals surface area contributed by atoms with E-state index in [-0.39, 0.29) is 5.97 Å². The fourth-order valence-electron chi connectivity index (χ4n) is 2.93. The molecule has 0 N–H and O–H groups in total. The molecular weight excluding hydrogens is 336 g/mol. The highest BCUT2D eigenvalue weighted by atomic mass is 28.4. The monoisotopic (exact) mass is 368 g/mol. The van der Waals surface area contributed by atoms with Gasteiger partial charge in [0.25, 0.3) is 0 Å². The van der Waals surface area contributed by atoms with Gasteiger partial charge in [0, 0.05) is 33.1 Å². The molecule has 0 saturated carbocycles. The summed E-state index contributed by atoms with van der Waals surface area (Å²) in [6.07, 6.45) is 3.72. The van der Waals surface area contributed by atoms with E-state index >= 15 is 0 Å². The van der Waals surface area contributed by atoms with Crippen molar-refractivity contribution in [3.8, 4) is 0 Å². The Morgan fingerprint density at radius 2 is 1.52 bits per heavy atom. The van der Waals surface area contributed by atoms with Gasteiger partial charge in [-0.3, -0.25) is 0 Å². The molecule has 0 spiro atoms. The number of rotatable bonds is 12. The van der Waals surface area contributed by atoms with Crippen LogP contribution in [0.4, 0.5) is 0 Å². The van der Waals surface area contributed by atoms with Crippen LogP contribution in [0.1, 0.15) is 63.2 Å². The second-order valence-electron chi connectivity index (χ2n) is 6.11. The molecule has 0 aliphatic heterocycles. The third kappa shape index (κ3) is 6.22. The van der Waals surface area contributed by atoms with E-state index in [0.717, 1.165) is 19.3 Å². The van der Waals surface area contributed by atoms with Crippen LogP contribution in [0.2, 0.25) is 6.04 Å². The number of hydrogen-bond donors (Lipinski definition) is 0. The quantitative estimate of drug-likeness (QED) is 0.301. The summed E-state index contributed by atoms with van der Waals surface area (Å²) < 4.78 is 23.6. The van der Waals surface area contributed by atoms with E-state index in [1.165, 1.54) is 0 Å². The minimum atomic E-state index is -2.90. The van der Waals surface area contributed by atoms with Crippen molar-refractivity contribution in [3.63, 3.8) is 0 Å². The minimum absolute atomic E-state index is 0.380. The topological polar surface area (TPSA) is 54.0 Å². The first-order valence-electron chi connectivity index (χ1n) is 9.09. The Labute approximate surface area is 153 Å². The number of carbonyl (C=O) groups excluding carboxylic acids is 1. The number of benzene rings is 1. The van der Waals surface area contributed by atoms with Crippen molar-refractivity contribution in [2.24, 2.45) is 0 Å². The smallest absolute Gasteiger partial charge is 0.430 e. The van der Waals surface area contributed by atoms with Crippen molar-refractivity contribution in [3.05, 3.63) is 35.9 Å². The molecule has 0 unspecified atom stereocenters. The molecule has 0 atom stereocenters. The van der Waals surface area contributed by atoms with E-state index in [1.54, 1.807) is 26.4 Å². The normalized spacial score (nSPS) is 12.2. The summed E-state index contributed by atoms with van der Waals surface area (Å²) >= 11 is 0. The molecule has 0 bridgehead atoms. The zero-order valence-corrected chi connectivity index (χ0v) is 17.2. The third-order valence-corrected chi connectivity index (χ3v) is 7.11. The van der Waals surface area contributed by atoms with Crippen molar-refractivity contribution < 1.29 is 22.8 Å². The summed E-state index contributed by atoms with van der Waals surface area (Å²) in [6.45, 7) is 6.15. The molecule has 5 nitrogen and oxygen atoms in total. The number of esters is 1. The van der Waals surface area contributed by atoms with Crippen molar-refractivity contribution in [1.82, 2.24) is 0 Å². The van der Waals surface area contributed by atoms with Gasteiger partial charge in [0.15, 0.2) is 0 Å². The zero-order valence-electron chi connectivity index (χ0n) is 16.2. The number of hydrogen-bond acceptors (Lipinski definition) is 5. The van der Waals surface area contributed by atoms with Gasteiger partial charge in [0.1, 0.15) is 0 Å². The average Bonchev–Trinajstić information content (AvgIpc) is 2.62. The molecule has 1 aromatic rings. The standard InChI is InChI=1S/C19H32O5Si/c1-6-14-19(15-7-2,24-25(21-4,22-5)16-8-3)23-18(20)17-12-10-9-11-13-17/h9-13H,6-8,14-16H2,1-5H3. The summed E-state index contributed by atoms with van der Waals surface area (Å²) in [6, 6.07) is 9.67. The first kappa shape index (κ1) is 21.8. The van der Waals surface area contributed by atoms with Crippen LogP contribution in [-0.4, -0.2) is 34.8 Å². The van der Waals surface area contributed by atoms with Gasteiger partial charge in [-0.2, -0.15) is 0 Å². The Balaban J connectivity index is 3.13. The first-order valence-corrected chi connectivity index (χ1v) is 11.0. The number of ether oxygens (including phenoxy) is 1. The predicted molar refractivity (Wildman–Crippen MR) is 100 cm³/mol. The number of carbonyl (C=O) groups is 1. The molecule has 142 valence electrons. The lowest BCUT2D eigenvalue weighted by atomic mass is 10.1. The molecule has 1 aromatic carbocycles. The molecule has 0 fully saturated rings. The highest BCUT2D eigenvalue weighted by Gasteiger charge is 2.48.